The molecule has 0 atom stereocenters. The van der Waals surface area contributed by atoms with Gasteiger partial charge in [-0.15, -0.1) is 0 Å². The standard InChI is InChI=1S/C13H22N2O3S/c1-2-18-10-7-9(8-10)15-12(16)13(11(14)19)3-5-17-6-4-13/h9-10H,2-8H2,1H3,(H2,14,19)(H,15,16). The van der Waals surface area contributed by atoms with Gasteiger partial charge in [-0.1, -0.05) is 12.2 Å². The van der Waals surface area contributed by atoms with E-state index in [-0.39, 0.29) is 23.0 Å². The van der Waals surface area contributed by atoms with Gasteiger partial charge in [-0.25, -0.2) is 0 Å². The predicted molar refractivity (Wildman–Crippen MR) is 75.9 cm³/mol. The maximum atomic E-state index is 12.5. The minimum Gasteiger partial charge on any atom is -0.392 e. The van der Waals surface area contributed by atoms with Crippen LogP contribution in [-0.4, -0.2) is 42.9 Å². The molecule has 0 aromatic heterocycles. The van der Waals surface area contributed by atoms with Crippen LogP contribution in [0.25, 0.3) is 0 Å². The Bertz CT molecular complexity index is 350. The van der Waals surface area contributed by atoms with Crippen LogP contribution in [0.4, 0.5) is 0 Å². The molecule has 0 aromatic rings. The van der Waals surface area contributed by atoms with Crippen molar-refractivity contribution in [3.63, 3.8) is 0 Å². The van der Waals surface area contributed by atoms with E-state index < -0.39 is 5.41 Å². The number of nitrogens with one attached hydrogen (secondary N) is 1. The van der Waals surface area contributed by atoms with Gasteiger partial charge >= 0.3 is 0 Å². The molecule has 1 amide bonds. The van der Waals surface area contributed by atoms with E-state index in [1.165, 1.54) is 0 Å². The minimum absolute atomic E-state index is 0.0387. The number of thiocarbonyl (C=S) groups is 1. The normalized spacial score (nSPS) is 29.3. The van der Waals surface area contributed by atoms with Crippen molar-refractivity contribution in [3.05, 3.63) is 0 Å². The molecule has 1 aliphatic heterocycles. The summed E-state index contributed by atoms with van der Waals surface area (Å²) < 4.78 is 10.8. The molecular formula is C13H22N2O3S. The molecule has 2 aliphatic rings. The first-order valence-corrected chi connectivity index (χ1v) is 7.29. The van der Waals surface area contributed by atoms with Crippen molar-refractivity contribution in [2.75, 3.05) is 19.8 Å². The van der Waals surface area contributed by atoms with Crippen molar-refractivity contribution in [2.45, 2.75) is 44.8 Å². The molecule has 3 N–H and O–H groups in total. The summed E-state index contributed by atoms with van der Waals surface area (Å²) in [5.74, 6) is -0.0387. The molecule has 108 valence electrons. The van der Waals surface area contributed by atoms with E-state index in [2.05, 4.69) is 5.32 Å². The van der Waals surface area contributed by atoms with Crippen molar-refractivity contribution >= 4 is 23.1 Å². The summed E-state index contributed by atoms with van der Waals surface area (Å²) in [5.41, 5.74) is 5.09. The third-order valence-corrected chi connectivity index (χ3v) is 4.48. The summed E-state index contributed by atoms with van der Waals surface area (Å²) in [4.78, 5) is 12.7. The Kier molecular flexibility index (Phi) is 4.76. The highest BCUT2D eigenvalue weighted by Crippen LogP contribution is 2.33. The summed E-state index contributed by atoms with van der Waals surface area (Å²) in [6.45, 7) is 3.78. The highest BCUT2D eigenvalue weighted by atomic mass is 32.1. The molecule has 6 heteroatoms. The van der Waals surface area contributed by atoms with Gasteiger partial charge in [0, 0.05) is 25.9 Å². The average molecular weight is 286 g/mol. The van der Waals surface area contributed by atoms with Crippen LogP contribution in [-0.2, 0) is 14.3 Å². The number of nitrogens with two attached hydrogens (primary N) is 1. The number of amides is 1. The Labute approximate surface area is 119 Å². The van der Waals surface area contributed by atoms with Crippen molar-refractivity contribution in [3.8, 4) is 0 Å². The Morgan fingerprint density at radius 2 is 2.11 bits per heavy atom. The van der Waals surface area contributed by atoms with E-state index in [0.717, 1.165) is 19.4 Å². The van der Waals surface area contributed by atoms with Crippen LogP contribution >= 0.6 is 12.2 Å². The molecule has 0 spiro atoms. The fourth-order valence-electron chi connectivity index (χ4n) is 2.68. The quantitative estimate of drug-likeness (QED) is 0.730. The van der Waals surface area contributed by atoms with Crippen molar-refractivity contribution in [1.82, 2.24) is 5.32 Å². The number of hydrogen-bond acceptors (Lipinski definition) is 4. The van der Waals surface area contributed by atoms with Crippen molar-refractivity contribution < 1.29 is 14.3 Å². The van der Waals surface area contributed by atoms with Gasteiger partial charge in [-0.05, 0) is 32.6 Å². The second-order valence-corrected chi connectivity index (χ2v) is 5.72. The van der Waals surface area contributed by atoms with E-state index in [1.54, 1.807) is 0 Å². The lowest BCUT2D eigenvalue weighted by atomic mass is 9.78. The predicted octanol–water partition coefficient (Wildman–Crippen LogP) is 0.753. The first-order valence-electron chi connectivity index (χ1n) is 6.88. The van der Waals surface area contributed by atoms with Gasteiger partial charge in [0.15, 0.2) is 0 Å². The molecule has 19 heavy (non-hydrogen) atoms. The van der Waals surface area contributed by atoms with Gasteiger partial charge in [0.1, 0.15) is 5.41 Å². The second kappa shape index (κ2) is 6.15. The molecule has 5 nitrogen and oxygen atoms in total. The first kappa shape index (κ1) is 14.7. The van der Waals surface area contributed by atoms with Gasteiger partial charge < -0.3 is 20.5 Å². The van der Waals surface area contributed by atoms with Crippen LogP contribution in [0.1, 0.15) is 32.6 Å². The molecule has 0 bridgehead atoms. The summed E-state index contributed by atoms with van der Waals surface area (Å²) in [6.07, 6.45) is 3.20. The fraction of sp³-hybridized carbons (Fsp3) is 0.846. The Morgan fingerprint density at radius 3 is 2.63 bits per heavy atom. The maximum Gasteiger partial charge on any atom is 0.233 e. The lowest BCUT2D eigenvalue weighted by molar-refractivity contribution is -0.134. The minimum atomic E-state index is -0.718. The van der Waals surface area contributed by atoms with E-state index in [9.17, 15) is 4.79 Å². The van der Waals surface area contributed by atoms with Gasteiger partial charge in [-0.3, -0.25) is 4.79 Å². The zero-order chi connectivity index (χ0) is 13.9. The van der Waals surface area contributed by atoms with Crippen LogP contribution in [0.2, 0.25) is 0 Å². The summed E-state index contributed by atoms with van der Waals surface area (Å²) in [7, 11) is 0. The molecular weight excluding hydrogens is 264 g/mol. The number of carbonyl (C=O) groups is 1. The zero-order valence-corrected chi connectivity index (χ0v) is 12.1. The van der Waals surface area contributed by atoms with Crippen LogP contribution in [0.3, 0.4) is 0 Å². The molecule has 1 aliphatic carbocycles. The molecule has 1 saturated carbocycles. The molecule has 2 fully saturated rings. The largest absolute Gasteiger partial charge is 0.392 e. The van der Waals surface area contributed by atoms with Gasteiger partial charge in [0.2, 0.25) is 5.91 Å². The Morgan fingerprint density at radius 1 is 1.47 bits per heavy atom. The van der Waals surface area contributed by atoms with E-state index in [0.29, 0.717) is 26.1 Å². The fourth-order valence-corrected chi connectivity index (χ4v) is 2.98. The van der Waals surface area contributed by atoms with E-state index in [4.69, 9.17) is 27.4 Å². The number of ether oxygens (including phenoxy) is 2. The third kappa shape index (κ3) is 3.07. The van der Waals surface area contributed by atoms with Crippen LogP contribution in [0.5, 0.6) is 0 Å². The molecule has 1 saturated heterocycles. The number of carbonyl (C=O) groups excluding carboxylic acids is 1. The van der Waals surface area contributed by atoms with Gasteiger partial charge in [-0.2, -0.15) is 0 Å². The van der Waals surface area contributed by atoms with E-state index >= 15 is 0 Å². The van der Waals surface area contributed by atoms with Crippen LogP contribution in [0, 0.1) is 5.41 Å². The monoisotopic (exact) mass is 286 g/mol. The Hall–Kier alpha value is -0.720. The highest BCUT2D eigenvalue weighted by Gasteiger charge is 2.44. The summed E-state index contributed by atoms with van der Waals surface area (Å²) >= 11 is 5.11. The average Bonchev–Trinajstić information content (AvgIpc) is 2.36. The van der Waals surface area contributed by atoms with E-state index in [1.807, 2.05) is 6.92 Å². The second-order valence-electron chi connectivity index (χ2n) is 5.28. The van der Waals surface area contributed by atoms with Gasteiger partial charge in [0.05, 0.1) is 11.1 Å². The topological polar surface area (TPSA) is 73.6 Å². The van der Waals surface area contributed by atoms with Crippen LogP contribution in [0.15, 0.2) is 0 Å². The molecule has 0 radical (unpaired) electrons. The number of hydrogen-bond donors (Lipinski definition) is 2. The zero-order valence-electron chi connectivity index (χ0n) is 11.3. The SMILES string of the molecule is CCOC1CC(NC(=O)C2(C(N)=S)CCOCC2)C1. The lowest BCUT2D eigenvalue weighted by Gasteiger charge is -2.40. The molecule has 1 heterocycles. The molecule has 0 unspecified atom stereocenters. The summed E-state index contributed by atoms with van der Waals surface area (Å²) in [6, 6.07) is 0.193. The molecule has 2 rings (SSSR count). The lowest BCUT2D eigenvalue weighted by Crippen LogP contribution is -2.57. The van der Waals surface area contributed by atoms with Crippen molar-refractivity contribution in [2.24, 2.45) is 11.1 Å². The van der Waals surface area contributed by atoms with Gasteiger partial charge in [0.25, 0.3) is 0 Å². The Balaban J connectivity index is 1.89. The first-order chi connectivity index (χ1) is 9.08. The third-order valence-electron chi connectivity index (χ3n) is 4.09. The maximum absolute atomic E-state index is 12.5. The van der Waals surface area contributed by atoms with Crippen LogP contribution < -0.4 is 11.1 Å². The molecule has 0 aromatic carbocycles. The van der Waals surface area contributed by atoms with Crippen molar-refractivity contribution in [1.29, 1.82) is 0 Å². The smallest absolute Gasteiger partial charge is 0.233 e. The summed E-state index contributed by atoms with van der Waals surface area (Å²) in [5, 5.41) is 3.05. The number of rotatable bonds is 5. The highest BCUT2D eigenvalue weighted by molar-refractivity contribution is 7.80.